The number of pyridine rings is 2. The molecule has 0 aromatic carbocycles. The molecule has 0 aliphatic carbocycles. The van der Waals surface area contributed by atoms with E-state index in [-0.39, 0.29) is 5.91 Å². The molecule has 4 heterocycles. The van der Waals surface area contributed by atoms with Crippen molar-refractivity contribution in [1.82, 2.24) is 15.3 Å². The van der Waals surface area contributed by atoms with Gasteiger partial charge in [0.25, 0.3) is 5.91 Å². The Labute approximate surface area is 164 Å². The van der Waals surface area contributed by atoms with Gasteiger partial charge in [-0.25, -0.2) is 0 Å². The summed E-state index contributed by atoms with van der Waals surface area (Å²) in [4.78, 5) is 23.0. The van der Waals surface area contributed by atoms with Gasteiger partial charge in [-0.3, -0.25) is 14.8 Å². The molecule has 2 aromatic rings. The number of aliphatic hydroxyl groups is 1. The standard InChI is InChI=1S/C21H26N4O3/c1-20(24-18(26)16-3-2-9-23-15-16)8-14-28-21(19(20)27)6-12-25(13-7-21)17-4-10-22-11-5-17/h2-5,9-11,15,19,27H,6-8,12-14H2,1H3,(H,24,26)/t19-,20+/m1/s1. The zero-order chi connectivity index (χ0) is 19.6. The van der Waals surface area contributed by atoms with Gasteiger partial charge in [0.1, 0.15) is 6.10 Å². The predicted octanol–water partition coefficient (Wildman–Crippen LogP) is 1.79. The van der Waals surface area contributed by atoms with E-state index in [4.69, 9.17) is 4.74 Å². The van der Waals surface area contributed by atoms with Crippen LogP contribution in [-0.2, 0) is 4.74 Å². The van der Waals surface area contributed by atoms with Crippen LogP contribution in [0, 0.1) is 0 Å². The summed E-state index contributed by atoms with van der Waals surface area (Å²) in [5.74, 6) is -0.221. The van der Waals surface area contributed by atoms with Gasteiger partial charge in [0.15, 0.2) is 0 Å². The fraction of sp³-hybridized carbons (Fsp3) is 0.476. The molecule has 0 bridgehead atoms. The highest BCUT2D eigenvalue weighted by Crippen LogP contribution is 2.40. The number of hydrogen-bond donors (Lipinski definition) is 2. The maximum atomic E-state index is 12.7. The van der Waals surface area contributed by atoms with Crippen molar-refractivity contribution in [3.63, 3.8) is 0 Å². The highest BCUT2D eigenvalue weighted by atomic mass is 16.5. The van der Waals surface area contributed by atoms with Gasteiger partial charge in [-0.1, -0.05) is 0 Å². The van der Waals surface area contributed by atoms with Crippen LogP contribution in [0.1, 0.15) is 36.5 Å². The van der Waals surface area contributed by atoms with Crippen LogP contribution in [0.5, 0.6) is 0 Å². The molecule has 1 amide bonds. The Morgan fingerprint density at radius 1 is 1.18 bits per heavy atom. The Morgan fingerprint density at radius 3 is 2.61 bits per heavy atom. The van der Waals surface area contributed by atoms with Gasteiger partial charge in [-0.05, 0) is 50.5 Å². The summed E-state index contributed by atoms with van der Waals surface area (Å²) in [5, 5.41) is 14.3. The maximum Gasteiger partial charge on any atom is 0.253 e. The second kappa shape index (κ2) is 7.48. The van der Waals surface area contributed by atoms with Gasteiger partial charge in [0, 0.05) is 50.2 Å². The van der Waals surface area contributed by atoms with Crippen LogP contribution in [0.25, 0.3) is 0 Å². The van der Waals surface area contributed by atoms with Gasteiger partial charge in [0.05, 0.1) is 16.7 Å². The summed E-state index contributed by atoms with van der Waals surface area (Å²) < 4.78 is 6.13. The number of nitrogens with zero attached hydrogens (tertiary/aromatic N) is 3. The number of hydrogen-bond acceptors (Lipinski definition) is 6. The highest BCUT2D eigenvalue weighted by Gasteiger charge is 2.53. The number of carbonyl (C=O) groups is 1. The van der Waals surface area contributed by atoms with Crippen molar-refractivity contribution in [3.05, 3.63) is 54.6 Å². The number of aromatic nitrogens is 2. The number of carbonyl (C=O) groups excluding carboxylic acids is 1. The third kappa shape index (κ3) is 3.47. The number of rotatable bonds is 3. The Morgan fingerprint density at radius 2 is 1.93 bits per heavy atom. The lowest BCUT2D eigenvalue weighted by molar-refractivity contribution is -0.195. The van der Waals surface area contributed by atoms with E-state index in [1.165, 1.54) is 6.20 Å². The lowest BCUT2D eigenvalue weighted by atomic mass is 9.73. The Balaban J connectivity index is 1.47. The van der Waals surface area contributed by atoms with Gasteiger partial charge < -0.3 is 20.1 Å². The second-order valence-electron chi connectivity index (χ2n) is 7.87. The average Bonchev–Trinajstić information content (AvgIpc) is 2.74. The van der Waals surface area contributed by atoms with Crippen LogP contribution >= 0.6 is 0 Å². The van der Waals surface area contributed by atoms with E-state index in [0.29, 0.717) is 31.4 Å². The molecule has 2 N–H and O–H groups in total. The fourth-order valence-electron chi connectivity index (χ4n) is 4.34. The van der Waals surface area contributed by atoms with E-state index in [1.54, 1.807) is 30.7 Å². The molecule has 7 heteroatoms. The van der Waals surface area contributed by atoms with E-state index < -0.39 is 17.2 Å². The molecule has 4 rings (SSSR count). The number of anilines is 1. The normalized spacial score (nSPS) is 26.8. The van der Waals surface area contributed by atoms with Crippen molar-refractivity contribution >= 4 is 11.6 Å². The number of piperidine rings is 1. The smallest absolute Gasteiger partial charge is 0.253 e. The molecular formula is C21H26N4O3. The summed E-state index contributed by atoms with van der Waals surface area (Å²) in [6.45, 7) is 3.99. The van der Waals surface area contributed by atoms with Crippen LogP contribution in [-0.4, -0.2) is 57.9 Å². The Hall–Kier alpha value is -2.51. The van der Waals surface area contributed by atoms with Crippen LogP contribution in [0.4, 0.5) is 5.69 Å². The first-order valence-electron chi connectivity index (χ1n) is 9.72. The minimum Gasteiger partial charge on any atom is -0.388 e. The third-order valence-corrected chi connectivity index (χ3v) is 6.07. The van der Waals surface area contributed by atoms with Crippen LogP contribution in [0.2, 0.25) is 0 Å². The molecule has 2 fully saturated rings. The molecule has 2 saturated heterocycles. The fourth-order valence-corrected chi connectivity index (χ4v) is 4.34. The van der Waals surface area contributed by atoms with Crippen LogP contribution in [0.15, 0.2) is 49.1 Å². The summed E-state index contributed by atoms with van der Waals surface area (Å²) in [6.07, 6.45) is 7.93. The van der Waals surface area contributed by atoms with Crippen molar-refractivity contribution in [2.24, 2.45) is 0 Å². The van der Waals surface area contributed by atoms with Crippen molar-refractivity contribution in [2.75, 3.05) is 24.6 Å². The van der Waals surface area contributed by atoms with Crippen LogP contribution < -0.4 is 10.2 Å². The molecule has 2 aliphatic rings. The van der Waals surface area contributed by atoms with E-state index in [1.807, 2.05) is 19.1 Å². The summed E-state index contributed by atoms with van der Waals surface area (Å²) in [5.41, 5.74) is 0.231. The maximum absolute atomic E-state index is 12.7. The molecule has 0 radical (unpaired) electrons. The topological polar surface area (TPSA) is 87.6 Å². The lowest BCUT2D eigenvalue weighted by Crippen LogP contribution is -2.69. The first-order chi connectivity index (χ1) is 13.5. The first-order valence-corrected chi connectivity index (χ1v) is 9.72. The summed E-state index contributed by atoms with van der Waals surface area (Å²) >= 11 is 0. The van der Waals surface area contributed by atoms with Crippen molar-refractivity contribution in [2.45, 2.75) is 43.4 Å². The zero-order valence-electron chi connectivity index (χ0n) is 16.0. The van der Waals surface area contributed by atoms with Gasteiger partial charge in [-0.2, -0.15) is 0 Å². The van der Waals surface area contributed by atoms with Gasteiger partial charge in [-0.15, -0.1) is 0 Å². The van der Waals surface area contributed by atoms with Gasteiger partial charge in [0.2, 0.25) is 0 Å². The van der Waals surface area contributed by atoms with Crippen molar-refractivity contribution in [1.29, 1.82) is 0 Å². The van der Waals surface area contributed by atoms with E-state index in [2.05, 4.69) is 20.2 Å². The second-order valence-corrected chi connectivity index (χ2v) is 7.87. The largest absolute Gasteiger partial charge is 0.388 e. The first kappa shape index (κ1) is 18.8. The third-order valence-electron chi connectivity index (χ3n) is 6.07. The molecule has 2 atom stereocenters. The monoisotopic (exact) mass is 382 g/mol. The average molecular weight is 382 g/mol. The quantitative estimate of drug-likeness (QED) is 0.842. The van der Waals surface area contributed by atoms with Gasteiger partial charge >= 0.3 is 0 Å². The van der Waals surface area contributed by atoms with E-state index in [9.17, 15) is 9.90 Å². The summed E-state index contributed by atoms with van der Waals surface area (Å²) in [7, 11) is 0. The molecule has 2 aliphatic heterocycles. The van der Waals surface area contributed by atoms with E-state index in [0.717, 1.165) is 18.8 Å². The number of amides is 1. The molecular weight excluding hydrogens is 356 g/mol. The molecule has 2 aromatic heterocycles. The Bertz CT molecular complexity index is 809. The molecule has 28 heavy (non-hydrogen) atoms. The molecule has 148 valence electrons. The minimum atomic E-state index is -0.783. The van der Waals surface area contributed by atoms with E-state index >= 15 is 0 Å². The lowest BCUT2D eigenvalue weighted by Gasteiger charge is -2.53. The Kier molecular flexibility index (Phi) is 5.03. The predicted molar refractivity (Wildman–Crippen MR) is 105 cm³/mol. The number of aliphatic hydroxyl groups excluding tert-OH is 1. The summed E-state index contributed by atoms with van der Waals surface area (Å²) in [6, 6.07) is 7.44. The molecule has 0 unspecified atom stereocenters. The van der Waals surface area contributed by atoms with Crippen LogP contribution in [0.3, 0.4) is 0 Å². The molecule has 0 saturated carbocycles. The molecule has 1 spiro atoms. The highest BCUT2D eigenvalue weighted by molar-refractivity contribution is 5.94. The minimum absolute atomic E-state index is 0.221. The number of nitrogens with one attached hydrogen (secondary N) is 1. The van der Waals surface area contributed by atoms with Crippen molar-refractivity contribution in [3.8, 4) is 0 Å². The van der Waals surface area contributed by atoms with Crippen molar-refractivity contribution < 1.29 is 14.6 Å². The number of ether oxygens (including phenoxy) is 1. The molecule has 7 nitrogen and oxygen atoms in total. The zero-order valence-corrected chi connectivity index (χ0v) is 16.0. The SMILES string of the molecule is C[C@]1(NC(=O)c2cccnc2)CCOC2(CCN(c3ccncc3)CC2)[C@@H]1O.